The number of nitrogens with zero attached hydrogens (tertiary/aromatic N) is 1. The van der Waals surface area contributed by atoms with Gasteiger partial charge in [-0.05, 0) is 61.4 Å². The number of rotatable bonds is 6. The summed E-state index contributed by atoms with van der Waals surface area (Å²) in [5.74, 6) is -1.23. The van der Waals surface area contributed by atoms with Crippen LogP contribution >= 0.6 is 0 Å². The summed E-state index contributed by atoms with van der Waals surface area (Å²) in [7, 11) is -3.77. The molecule has 6 nitrogen and oxygen atoms in total. The monoisotopic (exact) mass is 460 g/mol. The molecular weight excluding hydrogens is 440 g/mol. The number of hydrogen-bond donors (Lipinski definition) is 1. The largest absolute Gasteiger partial charge is 0.484 e. The van der Waals surface area contributed by atoms with Crippen molar-refractivity contribution in [1.82, 2.24) is 4.31 Å². The average molecular weight is 460 g/mol. The molecule has 168 valence electrons. The fraction of sp³-hybridized carbons (Fsp3) is 0.350. The summed E-state index contributed by atoms with van der Waals surface area (Å²) in [5, 5.41) is 2.68. The predicted octanol–water partition coefficient (Wildman–Crippen LogP) is 3.81. The van der Waals surface area contributed by atoms with Gasteiger partial charge in [0.15, 0.2) is 6.61 Å². The van der Waals surface area contributed by atoms with Crippen LogP contribution in [0, 0.1) is 11.7 Å². The van der Waals surface area contributed by atoms with E-state index in [0.717, 1.165) is 12.1 Å². The van der Waals surface area contributed by atoms with Crippen LogP contribution in [-0.2, 0) is 14.8 Å². The Balaban J connectivity index is 1.52. The number of anilines is 1. The van der Waals surface area contributed by atoms with Gasteiger partial charge in [0.2, 0.25) is 15.9 Å². The fourth-order valence-corrected chi connectivity index (χ4v) is 4.63. The van der Waals surface area contributed by atoms with Crippen LogP contribution in [0.15, 0.2) is 53.4 Å². The number of nitrogens with one attached hydrogen (secondary N) is 1. The lowest BCUT2D eigenvalue weighted by Gasteiger charge is -2.30. The Labute approximate surface area is 176 Å². The van der Waals surface area contributed by atoms with Crippen LogP contribution in [0.25, 0.3) is 0 Å². The Kier molecular flexibility index (Phi) is 6.85. The highest BCUT2D eigenvalue weighted by molar-refractivity contribution is 7.89. The highest BCUT2D eigenvalue weighted by Gasteiger charge is 2.32. The first-order valence-electron chi connectivity index (χ1n) is 9.41. The number of hydrogen-bond acceptors (Lipinski definition) is 4. The van der Waals surface area contributed by atoms with Crippen LogP contribution in [0.1, 0.15) is 12.8 Å². The van der Waals surface area contributed by atoms with E-state index in [0.29, 0.717) is 18.5 Å². The van der Waals surface area contributed by atoms with E-state index in [2.05, 4.69) is 10.1 Å². The van der Waals surface area contributed by atoms with Crippen molar-refractivity contribution in [2.75, 3.05) is 25.0 Å². The molecular formula is C20H20F4N2O4S. The number of ether oxygens (including phenoxy) is 1. The van der Waals surface area contributed by atoms with Gasteiger partial charge in [-0.15, -0.1) is 0 Å². The minimum Gasteiger partial charge on any atom is -0.484 e. The van der Waals surface area contributed by atoms with Gasteiger partial charge in [-0.3, -0.25) is 4.79 Å². The van der Waals surface area contributed by atoms with Crippen LogP contribution in [-0.4, -0.2) is 44.5 Å². The van der Waals surface area contributed by atoms with Crippen LogP contribution < -0.4 is 10.1 Å². The van der Waals surface area contributed by atoms with Crippen molar-refractivity contribution in [3.63, 3.8) is 0 Å². The first kappa shape index (κ1) is 23.0. The number of benzene rings is 2. The highest BCUT2D eigenvalue weighted by Crippen LogP contribution is 2.26. The van der Waals surface area contributed by atoms with Crippen LogP contribution in [0.3, 0.4) is 0 Å². The van der Waals surface area contributed by atoms with E-state index in [4.69, 9.17) is 0 Å². The second kappa shape index (κ2) is 9.23. The molecule has 0 aromatic heterocycles. The molecule has 2 aromatic carbocycles. The first-order valence-corrected chi connectivity index (χ1v) is 10.8. The van der Waals surface area contributed by atoms with Crippen molar-refractivity contribution in [3.05, 3.63) is 54.3 Å². The van der Waals surface area contributed by atoms with Gasteiger partial charge in [-0.2, -0.15) is 17.5 Å². The molecule has 0 radical (unpaired) electrons. The van der Waals surface area contributed by atoms with E-state index >= 15 is 0 Å². The molecule has 1 N–H and O–H groups in total. The number of piperidine rings is 1. The molecule has 0 aliphatic carbocycles. The Hall–Kier alpha value is -2.66. The molecule has 1 aliphatic rings. The minimum absolute atomic E-state index is 0.00960. The smallest absolute Gasteiger partial charge is 0.422 e. The summed E-state index contributed by atoms with van der Waals surface area (Å²) < 4.78 is 80.7. The molecule has 0 atom stereocenters. The van der Waals surface area contributed by atoms with Crippen molar-refractivity contribution in [2.45, 2.75) is 23.9 Å². The van der Waals surface area contributed by atoms with Gasteiger partial charge in [0.25, 0.3) is 0 Å². The van der Waals surface area contributed by atoms with Gasteiger partial charge in [0.05, 0.1) is 4.90 Å². The fourth-order valence-electron chi connectivity index (χ4n) is 3.16. The zero-order valence-corrected chi connectivity index (χ0v) is 17.0. The molecule has 1 amide bonds. The van der Waals surface area contributed by atoms with E-state index in [9.17, 15) is 30.8 Å². The highest BCUT2D eigenvalue weighted by atomic mass is 32.2. The molecule has 31 heavy (non-hydrogen) atoms. The summed E-state index contributed by atoms with van der Waals surface area (Å²) in [5.41, 5.74) is 0.394. The Bertz CT molecular complexity index is 1000. The van der Waals surface area contributed by atoms with Gasteiger partial charge in [-0.1, -0.05) is 0 Å². The molecule has 1 heterocycles. The van der Waals surface area contributed by atoms with Crippen molar-refractivity contribution in [1.29, 1.82) is 0 Å². The lowest BCUT2D eigenvalue weighted by molar-refractivity contribution is -0.153. The van der Waals surface area contributed by atoms with Gasteiger partial charge < -0.3 is 10.1 Å². The molecule has 0 spiro atoms. The number of amides is 1. The molecule has 2 aromatic rings. The van der Waals surface area contributed by atoms with E-state index < -0.39 is 34.5 Å². The summed E-state index contributed by atoms with van der Waals surface area (Å²) in [6.07, 6.45) is -3.83. The SMILES string of the molecule is O=C(Nc1ccc(OCC(F)(F)F)cc1)C1CCN(S(=O)(=O)c2ccc(F)cc2)CC1. The van der Waals surface area contributed by atoms with Gasteiger partial charge in [0.1, 0.15) is 11.6 Å². The third-order valence-corrected chi connectivity index (χ3v) is 6.71. The van der Waals surface area contributed by atoms with Crippen LogP contribution in [0.4, 0.5) is 23.2 Å². The summed E-state index contributed by atoms with van der Waals surface area (Å²) in [4.78, 5) is 12.5. The zero-order valence-electron chi connectivity index (χ0n) is 16.2. The predicted molar refractivity (Wildman–Crippen MR) is 105 cm³/mol. The van der Waals surface area contributed by atoms with Gasteiger partial charge >= 0.3 is 6.18 Å². The maximum Gasteiger partial charge on any atom is 0.422 e. The molecule has 0 saturated carbocycles. The molecule has 1 saturated heterocycles. The Morgan fingerprint density at radius 3 is 2.16 bits per heavy atom. The zero-order chi connectivity index (χ0) is 22.6. The van der Waals surface area contributed by atoms with E-state index in [-0.39, 0.29) is 29.6 Å². The third-order valence-electron chi connectivity index (χ3n) is 4.80. The number of carbonyl (C=O) groups is 1. The number of halogens is 4. The summed E-state index contributed by atoms with van der Waals surface area (Å²) >= 11 is 0. The molecule has 1 fully saturated rings. The number of sulfonamides is 1. The molecule has 0 bridgehead atoms. The third kappa shape index (κ3) is 6.17. The molecule has 11 heteroatoms. The summed E-state index contributed by atoms with van der Waals surface area (Å²) in [6.45, 7) is -1.12. The Morgan fingerprint density at radius 2 is 1.61 bits per heavy atom. The van der Waals surface area contributed by atoms with Crippen LogP contribution in [0.5, 0.6) is 5.75 Å². The normalized spacial score (nSPS) is 16.1. The standard InChI is InChI=1S/C20H20F4N2O4S/c21-15-1-7-18(8-2-15)31(28,29)26-11-9-14(10-12-26)19(27)25-16-3-5-17(6-4-16)30-13-20(22,23)24/h1-8,14H,9-13H2,(H,25,27). The van der Waals surface area contributed by atoms with Crippen LogP contribution in [0.2, 0.25) is 0 Å². The van der Waals surface area contributed by atoms with Crippen molar-refractivity contribution >= 4 is 21.6 Å². The van der Waals surface area contributed by atoms with Crippen molar-refractivity contribution in [2.24, 2.45) is 5.92 Å². The molecule has 0 unspecified atom stereocenters. The topological polar surface area (TPSA) is 75.7 Å². The van der Waals surface area contributed by atoms with E-state index in [1.807, 2.05) is 0 Å². The van der Waals surface area contributed by atoms with E-state index in [1.165, 1.54) is 40.7 Å². The maximum atomic E-state index is 13.0. The average Bonchev–Trinajstić information content (AvgIpc) is 2.73. The van der Waals surface area contributed by atoms with Crippen molar-refractivity contribution < 1.29 is 35.5 Å². The lowest BCUT2D eigenvalue weighted by atomic mass is 9.97. The molecule has 1 aliphatic heterocycles. The van der Waals surface area contributed by atoms with Crippen molar-refractivity contribution in [3.8, 4) is 5.75 Å². The second-order valence-electron chi connectivity index (χ2n) is 7.05. The van der Waals surface area contributed by atoms with Gasteiger partial charge in [-0.25, -0.2) is 12.8 Å². The van der Waals surface area contributed by atoms with E-state index in [1.54, 1.807) is 0 Å². The number of alkyl halides is 3. The number of carbonyl (C=O) groups excluding carboxylic acids is 1. The quantitative estimate of drug-likeness (QED) is 0.666. The first-order chi connectivity index (χ1) is 14.5. The lowest BCUT2D eigenvalue weighted by Crippen LogP contribution is -2.41. The Morgan fingerprint density at radius 1 is 1.03 bits per heavy atom. The maximum absolute atomic E-state index is 13.0. The minimum atomic E-state index is -4.44. The second-order valence-corrected chi connectivity index (χ2v) is 8.99. The van der Waals surface area contributed by atoms with Gasteiger partial charge in [0, 0.05) is 24.7 Å². The molecule has 3 rings (SSSR count). The summed E-state index contributed by atoms with van der Waals surface area (Å²) in [6, 6.07) is 10.0.